The van der Waals surface area contributed by atoms with Crippen LogP contribution in [0, 0.1) is 5.92 Å². The number of carbonyl (C=O) groups is 1. The summed E-state index contributed by atoms with van der Waals surface area (Å²) in [6, 6.07) is 5.87. The fourth-order valence-corrected chi connectivity index (χ4v) is 2.92. The summed E-state index contributed by atoms with van der Waals surface area (Å²) in [5.74, 6) is 1.49. The quantitative estimate of drug-likeness (QED) is 0.777. The molecule has 0 N–H and O–H groups in total. The molecular formula is C16H23NO2. The molecule has 3 nitrogen and oxygen atoms in total. The van der Waals surface area contributed by atoms with E-state index in [9.17, 15) is 4.79 Å². The summed E-state index contributed by atoms with van der Waals surface area (Å²) in [7, 11) is 1.62. The van der Waals surface area contributed by atoms with Gasteiger partial charge in [-0.25, -0.2) is 0 Å². The standard InChI is InChI=1S/C16H23NO2/c1-4-13-7-6-10-17(11-13)14-8-5-9-15(19-3)16(14)12(2)18/h5,8-9,13H,4,6-7,10-11H2,1-3H3. The van der Waals surface area contributed by atoms with Gasteiger partial charge >= 0.3 is 0 Å². The van der Waals surface area contributed by atoms with Crippen molar-refractivity contribution in [3.05, 3.63) is 23.8 Å². The third-order valence-corrected chi connectivity index (χ3v) is 4.01. The Morgan fingerprint density at radius 3 is 2.89 bits per heavy atom. The summed E-state index contributed by atoms with van der Waals surface area (Å²) in [6.45, 7) is 5.93. The molecule has 1 aromatic rings. The predicted molar refractivity (Wildman–Crippen MR) is 78.2 cm³/mol. The summed E-state index contributed by atoms with van der Waals surface area (Å²) >= 11 is 0. The van der Waals surface area contributed by atoms with Crippen molar-refractivity contribution in [3.8, 4) is 5.75 Å². The van der Waals surface area contributed by atoms with Crippen LogP contribution in [0.25, 0.3) is 0 Å². The number of hydrogen-bond acceptors (Lipinski definition) is 3. The van der Waals surface area contributed by atoms with Gasteiger partial charge in [0.15, 0.2) is 5.78 Å². The van der Waals surface area contributed by atoms with Crippen LogP contribution in [0.15, 0.2) is 18.2 Å². The number of benzene rings is 1. The van der Waals surface area contributed by atoms with Crippen molar-refractivity contribution in [2.75, 3.05) is 25.1 Å². The minimum Gasteiger partial charge on any atom is -0.496 e. The van der Waals surface area contributed by atoms with Crippen molar-refractivity contribution in [2.24, 2.45) is 5.92 Å². The Labute approximate surface area is 115 Å². The lowest BCUT2D eigenvalue weighted by molar-refractivity contribution is 0.101. The van der Waals surface area contributed by atoms with Gasteiger partial charge in [-0.15, -0.1) is 0 Å². The molecule has 1 unspecified atom stereocenters. The van der Waals surface area contributed by atoms with Crippen LogP contribution < -0.4 is 9.64 Å². The summed E-state index contributed by atoms with van der Waals surface area (Å²) in [6.07, 6.45) is 3.70. The van der Waals surface area contributed by atoms with Crippen LogP contribution in [0.2, 0.25) is 0 Å². The Morgan fingerprint density at radius 1 is 1.47 bits per heavy atom. The van der Waals surface area contributed by atoms with Crippen LogP contribution in [0.4, 0.5) is 5.69 Å². The van der Waals surface area contributed by atoms with Gasteiger partial charge in [-0.2, -0.15) is 0 Å². The normalized spacial score (nSPS) is 19.3. The first-order valence-corrected chi connectivity index (χ1v) is 7.10. The highest BCUT2D eigenvalue weighted by Gasteiger charge is 2.23. The van der Waals surface area contributed by atoms with Gasteiger partial charge < -0.3 is 9.64 Å². The van der Waals surface area contributed by atoms with E-state index in [2.05, 4.69) is 11.8 Å². The largest absolute Gasteiger partial charge is 0.496 e. The van der Waals surface area contributed by atoms with Gasteiger partial charge in [-0.1, -0.05) is 19.4 Å². The molecule has 1 heterocycles. The van der Waals surface area contributed by atoms with E-state index < -0.39 is 0 Å². The molecule has 3 heteroatoms. The van der Waals surface area contributed by atoms with Gasteiger partial charge in [0.1, 0.15) is 5.75 Å². The average molecular weight is 261 g/mol. The first-order chi connectivity index (χ1) is 9.17. The number of carbonyl (C=O) groups excluding carboxylic acids is 1. The summed E-state index contributed by atoms with van der Waals surface area (Å²) in [5, 5.41) is 0. The van der Waals surface area contributed by atoms with E-state index in [-0.39, 0.29) is 5.78 Å². The molecule has 0 spiro atoms. The second-order valence-corrected chi connectivity index (χ2v) is 5.27. The summed E-state index contributed by atoms with van der Waals surface area (Å²) in [5.41, 5.74) is 1.76. The zero-order valence-electron chi connectivity index (χ0n) is 12.1. The molecule has 2 rings (SSSR count). The topological polar surface area (TPSA) is 29.5 Å². The molecule has 1 aliphatic rings. The zero-order chi connectivity index (χ0) is 13.8. The number of hydrogen-bond donors (Lipinski definition) is 0. The smallest absolute Gasteiger partial charge is 0.165 e. The third kappa shape index (κ3) is 2.91. The van der Waals surface area contributed by atoms with Crippen molar-refractivity contribution < 1.29 is 9.53 Å². The molecule has 1 saturated heterocycles. The van der Waals surface area contributed by atoms with Crippen molar-refractivity contribution in [1.82, 2.24) is 0 Å². The van der Waals surface area contributed by atoms with Crippen LogP contribution in [0.3, 0.4) is 0 Å². The maximum atomic E-state index is 11.9. The predicted octanol–water partition coefficient (Wildman–Crippen LogP) is 3.52. The minimum absolute atomic E-state index is 0.0751. The second-order valence-electron chi connectivity index (χ2n) is 5.27. The van der Waals surface area contributed by atoms with E-state index in [0.717, 1.165) is 30.3 Å². The number of methoxy groups -OCH3 is 1. The number of anilines is 1. The molecule has 0 aromatic heterocycles. The molecule has 1 aliphatic heterocycles. The fourth-order valence-electron chi connectivity index (χ4n) is 2.92. The fraction of sp³-hybridized carbons (Fsp3) is 0.562. The Kier molecular flexibility index (Phi) is 4.46. The first-order valence-electron chi connectivity index (χ1n) is 7.10. The van der Waals surface area contributed by atoms with Crippen molar-refractivity contribution in [1.29, 1.82) is 0 Å². The Hall–Kier alpha value is -1.51. The van der Waals surface area contributed by atoms with E-state index in [0.29, 0.717) is 5.75 Å². The molecule has 104 valence electrons. The van der Waals surface area contributed by atoms with E-state index in [1.54, 1.807) is 14.0 Å². The number of ketones is 1. The highest BCUT2D eigenvalue weighted by molar-refractivity contribution is 6.02. The number of rotatable bonds is 4. The van der Waals surface area contributed by atoms with E-state index >= 15 is 0 Å². The van der Waals surface area contributed by atoms with Gasteiger partial charge in [-0.05, 0) is 37.8 Å². The zero-order valence-corrected chi connectivity index (χ0v) is 12.1. The van der Waals surface area contributed by atoms with Gasteiger partial charge in [-0.3, -0.25) is 4.79 Å². The van der Waals surface area contributed by atoms with Crippen molar-refractivity contribution in [2.45, 2.75) is 33.1 Å². The van der Waals surface area contributed by atoms with Crippen LogP contribution in [-0.2, 0) is 0 Å². The summed E-state index contributed by atoms with van der Waals surface area (Å²) < 4.78 is 5.34. The third-order valence-electron chi connectivity index (χ3n) is 4.01. The van der Waals surface area contributed by atoms with E-state index in [1.165, 1.54) is 19.3 Å². The van der Waals surface area contributed by atoms with Crippen LogP contribution in [0.5, 0.6) is 5.75 Å². The van der Waals surface area contributed by atoms with Crippen molar-refractivity contribution in [3.63, 3.8) is 0 Å². The van der Waals surface area contributed by atoms with Crippen LogP contribution >= 0.6 is 0 Å². The second kappa shape index (κ2) is 6.09. The van der Waals surface area contributed by atoms with Gasteiger partial charge in [0.25, 0.3) is 0 Å². The highest BCUT2D eigenvalue weighted by Crippen LogP contribution is 2.33. The average Bonchev–Trinajstić information content (AvgIpc) is 2.46. The van der Waals surface area contributed by atoms with Crippen LogP contribution in [0.1, 0.15) is 43.5 Å². The molecule has 0 saturated carbocycles. The molecule has 1 atom stereocenters. The van der Waals surface area contributed by atoms with Crippen molar-refractivity contribution >= 4 is 11.5 Å². The molecule has 0 bridgehead atoms. The monoisotopic (exact) mass is 261 g/mol. The molecule has 1 aromatic carbocycles. The van der Waals surface area contributed by atoms with E-state index in [1.807, 2.05) is 18.2 Å². The molecule has 0 amide bonds. The minimum atomic E-state index is 0.0751. The maximum absolute atomic E-state index is 11.9. The maximum Gasteiger partial charge on any atom is 0.165 e. The molecule has 0 aliphatic carbocycles. The van der Waals surface area contributed by atoms with E-state index in [4.69, 9.17) is 4.74 Å². The SMILES string of the molecule is CCC1CCCN(c2cccc(OC)c2C(C)=O)C1. The highest BCUT2D eigenvalue weighted by atomic mass is 16.5. The lowest BCUT2D eigenvalue weighted by Gasteiger charge is -2.35. The number of nitrogens with zero attached hydrogens (tertiary/aromatic N) is 1. The van der Waals surface area contributed by atoms with Gasteiger partial charge in [0.2, 0.25) is 0 Å². The number of Topliss-reactive ketones (excluding diaryl/α,β-unsaturated/α-hetero) is 1. The Bertz CT molecular complexity index is 456. The van der Waals surface area contributed by atoms with Gasteiger partial charge in [0.05, 0.1) is 18.4 Å². The van der Waals surface area contributed by atoms with Gasteiger partial charge in [0, 0.05) is 13.1 Å². The molecular weight excluding hydrogens is 238 g/mol. The molecule has 0 radical (unpaired) electrons. The number of ether oxygens (including phenoxy) is 1. The lowest BCUT2D eigenvalue weighted by atomic mass is 9.94. The number of piperidine rings is 1. The van der Waals surface area contributed by atoms with Crippen LogP contribution in [-0.4, -0.2) is 26.0 Å². The molecule has 19 heavy (non-hydrogen) atoms. The first kappa shape index (κ1) is 13.9. The Morgan fingerprint density at radius 2 is 2.26 bits per heavy atom. The molecule has 1 fully saturated rings. The lowest BCUT2D eigenvalue weighted by Crippen LogP contribution is -2.36. The summed E-state index contributed by atoms with van der Waals surface area (Å²) in [4.78, 5) is 14.3. The Balaban J connectivity index is 2.35.